The smallest absolute Gasteiger partial charge is 0.300 e. The molecule has 5 heteroatoms. The second-order valence-electron chi connectivity index (χ2n) is 2.27. The first-order valence-corrected chi connectivity index (χ1v) is 3.85. The first-order chi connectivity index (χ1) is 6.27. The van der Waals surface area contributed by atoms with Crippen LogP contribution in [0.3, 0.4) is 0 Å². The number of hydrogen-bond acceptors (Lipinski definition) is 4. The van der Waals surface area contributed by atoms with E-state index in [9.17, 15) is 4.79 Å². The Morgan fingerprint density at radius 3 is 3.15 bits per heavy atom. The van der Waals surface area contributed by atoms with Crippen molar-refractivity contribution in [1.82, 2.24) is 9.55 Å². The van der Waals surface area contributed by atoms with Gasteiger partial charge in [-0.2, -0.15) is 10.2 Å². The average Bonchev–Trinajstić information content (AvgIpc) is 2.10. The Balaban J connectivity index is 3.04. The Morgan fingerprint density at radius 1 is 1.77 bits per heavy atom. The van der Waals surface area contributed by atoms with Crippen LogP contribution >= 0.6 is 0 Å². The van der Waals surface area contributed by atoms with E-state index in [1.807, 2.05) is 6.07 Å². The van der Waals surface area contributed by atoms with E-state index in [0.717, 1.165) is 0 Å². The molecule has 0 fully saturated rings. The van der Waals surface area contributed by atoms with Crippen LogP contribution in [0.15, 0.2) is 17.1 Å². The lowest BCUT2D eigenvalue weighted by molar-refractivity contribution is 0.293. The van der Waals surface area contributed by atoms with Crippen LogP contribution in [0.1, 0.15) is 6.92 Å². The van der Waals surface area contributed by atoms with E-state index >= 15 is 0 Å². The molecule has 68 valence electrons. The van der Waals surface area contributed by atoms with Gasteiger partial charge in [0.2, 0.25) is 0 Å². The summed E-state index contributed by atoms with van der Waals surface area (Å²) in [6, 6.07) is 3.43. The normalized spacial score (nSPS) is 9.23. The topological polar surface area (TPSA) is 67.9 Å². The van der Waals surface area contributed by atoms with Crippen LogP contribution in [0.4, 0.5) is 0 Å². The molecule has 0 radical (unpaired) electrons. The monoisotopic (exact) mass is 179 g/mol. The molecule has 0 atom stereocenters. The number of nitriles is 1. The van der Waals surface area contributed by atoms with Crippen LogP contribution in [0.5, 0.6) is 6.01 Å². The minimum atomic E-state index is -0.363. The fourth-order valence-electron chi connectivity index (χ4n) is 0.854. The molecule has 0 spiro atoms. The van der Waals surface area contributed by atoms with Gasteiger partial charge in [-0.05, 0) is 6.92 Å². The molecule has 0 aromatic carbocycles. The summed E-state index contributed by atoms with van der Waals surface area (Å²) >= 11 is 0. The third-order valence-electron chi connectivity index (χ3n) is 1.36. The van der Waals surface area contributed by atoms with E-state index in [-0.39, 0.29) is 18.1 Å². The van der Waals surface area contributed by atoms with Crippen molar-refractivity contribution >= 4 is 0 Å². The molecule has 0 N–H and O–H groups in total. The van der Waals surface area contributed by atoms with Crippen LogP contribution < -0.4 is 10.3 Å². The number of ether oxygens (including phenoxy) is 1. The maximum Gasteiger partial charge on any atom is 0.300 e. The predicted molar refractivity (Wildman–Crippen MR) is 45.3 cm³/mol. The molecular weight excluding hydrogens is 170 g/mol. The molecule has 0 aliphatic heterocycles. The molecule has 1 aromatic heterocycles. The Morgan fingerprint density at radius 2 is 2.54 bits per heavy atom. The van der Waals surface area contributed by atoms with Gasteiger partial charge in [-0.25, -0.2) is 0 Å². The van der Waals surface area contributed by atoms with Crippen LogP contribution in [0.25, 0.3) is 0 Å². The van der Waals surface area contributed by atoms with Crippen molar-refractivity contribution in [1.29, 1.82) is 5.26 Å². The van der Waals surface area contributed by atoms with E-state index in [0.29, 0.717) is 6.61 Å². The molecular formula is C8H9N3O2. The lowest BCUT2D eigenvalue weighted by Gasteiger charge is -2.07. The second kappa shape index (κ2) is 4.26. The molecule has 13 heavy (non-hydrogen) atoms. The van der Waals surface area contributed by atoms with Gasteiger partial charge < -0.3 is 4.74 Å². The minimum Gasteiger partial charge on any atom is -0.465 e. The van der Waals surface area contributed by atoms with Crippen molar-refractivity contribution in [2.24, 2.45) is 0 Å². The molecule has 1 heterocycles. The van der Waals surface area contributed by atoms with E-state index < -0.39 is 0 Å². The Labute approximate surface area is 75.2 Å². The van der Waals surface area contributed by atoms with Gasteiger partial charge in [0.25, 0.3) is 5.56 Å². The molecule has 0 amide bonds. The lowest BCUT2D eigenvalue weighted by atomic mass is 10.6. The van der Waals surface area contributed by atoms with Gasteiger partial charge in [0.05, 0.1) is 12.7 Å². The maximum absolute atomic E-state index is 10.8. The summed E-state index contributed by atoms with van der Waals surface area (Å²) in [5, 5.41) is 8.45. The SMILES string of the molecule is CCOc1nc(=O)ccn1CC#N. The van der Waals surface area contributed by atoms with E-state index in [2.05, 4.69) is 4.98 Å². The Kier molecular flexibility index (Phi) is 3.03. The second-order valence-corrected chi connectivity index (χ2v) is 2.27. The highest BCUT2D eigenvalue weighted by Gasteiger charge is 2.01. The third-order valence-corrected chi connectivity index (χ3v) is 1.36. The summed E-state index contributed by atoms with van der Waals surface area (Å²) in [4.78, 5) is 14.4. The van der Waals surface area contributed by atoms with Gasteiger partial charge in [-0.15, -0.1) is 0 Å². The first kappa shape index (κ1) is 9.26. The quantitative estimate of drug-likeness (QED) is 0.663. The van der Waals surface area contributed by atoms with Gasteiger partial charge in [0.1, 0.15) is 6.54 Å². The molecule has 0 saturated carbocycles. The third kappa shape index (κ3) is 2.30. The fraction of sp³-hybridized carbons (Fsp3) is 0.375. The number of nitrogens with zero attached hydrogens (tertiary/aromatic N) is 3. The van der Waals surface area contributed by atoms with Crippen LogP contribution in [0.2, 0.25) is 0 Å². The summed E-state index contributed by atoms with van der Waals surface area (Å²) in [5.41, 5.74) is -0.363. The number of aromatic nitrogens is 2. The average molecular weight is 179 g/mol. The van der Waals surface area contributed by atoms with E-state index in [1.54, 1.807) is 6.92 Å². The van der Waals surface area contributed by atoms with Crippen molar-refractivity contribution in [2.45, 2.75) is 13.5 Å². The van der Waals surface area contributed by atoms with Gasteiger partial charge in [0, 0.05) is 12.3 Å². The molecule has 1 aromatic rings. The highest BCUT2D eigenvalue weighted by molar-refractivity contribution is 5.00. The van der Waals surface area contributed by atoms with Crippen molar-refractivity contribution in [2.75, 3.05) is 6.61 Å². The van der Waals surface area contributed by atoms with Gasteiger partial charge in [-0.1, -0.05) is 0 Å². The maximum atomic E-state index is 10.8. The fourth-order valence-corrected chi connectivity index (χ4v) is 0.854. The van der Waals surface area contributed by atoms with Crippen molar-refractivity contribution in [3.05, 3.63) is 22.6 Å². The molecule has 1 rings (SSSR count). The molecule has 5 nitrogen and oxygen atoms in total. The number of rotatable bonds is 3. The summed E-state index contributed by atoms with van der Waals surface area (Å²) in [6.45, 7) is 2.33. The Bertz CT molecular complexity index is 378. The molecule has 0 aliphatic rings. The zero-order valence-corrected chi connectivity index (χ0v) is 7.23. The molecule has 0 bridgehead atoms. The van der Waals surface area contributed by atoms with Gasteiger partial charge in [-0.3, -0.25) is 9.36 Å². The zero-order chi connectivity index (χ0) is 9.68. The molecule has 0 unspecified atom stereocenters. The van der Waals surface area contributed by atoms with Crippen molar-refractivity contribution < 1.29 is 4.74 Å². The zero-order valence-electron chi connectivity index (χ0n) is 7.23. The van der Waals surface area contributed by atoms with Crippen LogP contribution in [-0.4, -0.2) is 16.2 Å². The highest BCUT2D eigenvalue weighted by atomic mass is 16.5. The van der Waals surface area contributed by atoms with E-state index in [1.165, 1.54) is 16.8 Å². The van der Waals surface area contributed by atoms with Crippen molar-refractivity contribution in [3.8, 4) is 12.1 Å². The van der Waals surface area contributed by atoms with E-state index in [4.69, 9.17) is 10.00 Å². The van der Waals surface area contributed by atoms with Crippen LogP contribution in [-0.2, 0) is 6.54 Å². The Hall–Kier alpha value is -1.83. The van der Waals surface area contributed by atoms with Crippen LogP contribution in [0, 0.1) is 11.3 Å². The standard InChI is InChI=1S/C8H9N3O2/c1-2-13-8-10-7(12)3-5-11(8)6-4-9/h3,5H,2,6H2,1H3. The summed E-state index contributed by atoms with van der Waals surface area (Å²) in [6.07, 6.45) is 1.49. The summed E-state index contributed by atoms with van der Waals surface area (Å²) in [5.74, 6) is 0. The highest BCUT2D eigenvalue weighted by Crippen LogP contribution is 2.02. The summed E-state index contributed by atoms with van der Waals surface area (Å²) in [7, 11) is 0. The lowest BCUT2D eigenvalue weighted by Crippen LogP contribution is -2.14. The molecule has 0 saturated heterocycles. The predicted octanol–water partition coefficient (Wildman–Crippen LogP) is 0.166. The van der Waals surface area contributed by atoms with Gasteiger partial charge in [0.15, 0.2) is 0 Å². The largest absolute Gasteiger partial charge is 0.465 e. The first-order valence-electron chi connectivity index (χ1n) is 3.85. The number of hydrogen-bond donors (Lipinski definition) is 0. The summed E-state index contributed by atoms with van der Waals surface area (Å²) < 4.78 is 6.55. The van der Waals surface area contributed by atoms with Gasteiger partial charge >= 0.3 is 6.01 Å². The molecule has 0 aliphatic carbocycles. The van der Waals surface area contributed by atoms with Crippen molar-refractivity contribution in [3.63, 3.8) is 0 Å². The minimum absolute atomic E-state index is 0.128.